The van der Waals surface area contributed by atoms with Crippen molar-refractivity contribution in [3.63, 3.8) is 0 Å². The lowest BCUT2D eigenvalue weighted by molar-refractivity contribution is 0.280. The molecule has 0 saturated heterocycles. The molecule has 0 atom stereocenters. The van der Waals surface area contributed by atoms with E-state index in [1.165, 1.54) is 17.0 Å². The topological polar surface area (TPSA) is 33.1 Å². The molecule has 2 nitrogen and oxygen atoms in total. The van der Waals surface area contributed by atoms with Crippen LogP contribution in [0.2, 0.25) is 0 Å². The molecule has 1 aliphatic rings. The average Bonchev–Trinajstić information content (AvgIpc) is 2.44. The van der Waals surface area contributed by atoms with Crippen LogP contribution in [0.15, 0.2) is 0 Å². The first-order chi connectivity index (χ1) is 6.11. The van der Waals surface area contributed by atoms with Crippen molar-refractivity contribution < 1.29 is 5.11 Å². The van der Waals surface area contributed by atoms with E-state index in [1.54, 1.807) is 11.3 Å². The minimum atomic E-state index is 0. The molecular weight excluding hydrogens is 218 g/mol. The smallest absolute Gasteiger partial charge is 0.119 e. The summed E-state index contributed by atoms with van der Waals surface area (Å²) in [5, 5.41) is 9.84. The molecule has 1 aliphatic carbocycles. The Kier molecular flexibility index (Phi) is 3.56. The molecule has 0 bridgehead atoms. The van der Waals surface area contributed by atoms with Gasteiger partial charge in [-0.1, -0.05) is 13.8 Å². The molecule has 0 spiro atoms. The third-order valence-electron chi connectivity index (χ3n) is 2.64. The van der Waals surface area contributed by atoms with E-state index in [0.717, 1.165) is 17.8 Å². The predicted molar refractivity (Wildman–Crippen MR) is 61.1 cm³/mol. The van der Waals surface area contributed by atoms with Gasteiger partial charge < -0.3 is 5.11 Å². The van der Waals surface area contributed by atoms with Crippen molar-refractivity contribution in [3.8, 4) is 0 Å². The van der Waals surface area contributed by atoms with E-state index in [-0.39, 0.29) is 19.0 Å². The fraction of sp³-hybridized carbons (Fsp3) is 0.700. The summed E-state index contributed by atoms with van der Waals surface area (Å²) in [5.74, 6) is 0. The number of aliphatic hydroxyl groups excluding tert-OH is 1. The Hall–Kier alpha value is -0.120. The van der Waals surface area contributed by atoms with E-state index in [1.807, 2.05) is 0 Å². The van der Waals surface area contributed by atoms with Gasteiger partial charge in [0.1, 0.15) is 5.01 Å². The zero-order valence-electron chi connectivity index (χ0n) is 8.54. The molecule has 0 aliphatic heterocycles. The van der Waals surface area contributed by atoms with Crippen molar-refractivity contribution in [3.05, 3.63) is 15.6 Å². The van der Waals surface area contributed by atoms with Crippen LogP contribution in [0.25, 0.3) is 0 Å². The Morgan fingerprint density at radius 2 is 2.21 bits per heavy atom. The maximum Gasteiger partial charge on any atom is 0.119 e. The van der Waals surface area contributed by atoms with Gasteiger partial charge in [0, 0.05) is 4.88 Å². The number of aromatic nitrogens is 1. The second-order valence-electron chi connectivity index (χ2n) is 4.48. The van der Waals surface area contributed by atoms with E-state index in [0.29, 0.717) is 5.41 Å². The fourth-order valence-electron chi connectivity index (χ4n) is 1.82. The molecule has 1 N–H and O–H groups in total. The van der Waals surface area contributed by atoms with Gasteiger partial charge in [-0.15, -0.1) is 23.7 Å². The maximum absolute atomic E-state index is 8.96. The van der Waals surface area contributed by atoms with Gasteiger partial charge in [-0.3, -0.25) is 0 Å². The highest BCUT2D eigenvalue weighted by Crippen LogP contribution is 2.37. The molecule has 4 heteroatoms. The molecule has 0 saturated carbocycles. The largest absolute Gasteiger partial charge is 0.389 e. The highest BCUT2D eigenvalue weighted by Gasteiger charge is 2.27. The quantitative estimate of drug-likeness (QED) is 0.809. The molecule has 1 aromatic heterocycles. The van der Waals surface area contributed by atoms with Gasteiger partial charge in [0.05, 0.1) is 12.3 Å². The molecule has 1 aromatic rings. The van der Waals surface area contributed by atoms with Crippen LogP contribution in [-0.2, 0) is 19.4 Å². The third kappa shape index (κ3) is 2.27. The van der Waals surface area contributed by atoms with Crippen LogP contribution < -0.4 is 0 Å². The second kappa shape index (κ2) is 4.17. The van der Waals surface area contributed by atoms with Crippen LogP contribution in [-0.4, -0.2) is 10.1 Å². The Bertz CT molecular complexity index is 322. The number of rotatable bonds is 1. The summed E-state index contributed by atoms with van der Waals surface area (Å²) in [6.45, 7) is 4.70. The number of aliphatic hydroxyl groups is 1. The zero-order valence-corrected chi connectivity index (χ0v) is 10.2. The molecule has 0 radical (unpaired) electrons. The van der Waals surface area contributed by atoms with Gasteiger partial charge in [-0.05, 0) is 24.7 Å². The Morgan fingerprint density at radius 3 is 2.86 bits per heavy atom. The molecule has 80 valence electrons. The number of fused-ring (bicyclic) bond motifs is 1. The van der Waals surface area contributed by atoms with Crippen LogP contribution in [0.1, 0.15) is 35.8 Å². The monoisotopic (exact) mass is 233 g/mol. The second-order valence-corrected chi connectivity index (χ2v) is 5.64. The molecule has 0 amide bonds. The number of hydrogen-bond donors (Lipinski definition) is 1. The van der Waals surface area contributed by atoms with E-state index in [2.05, 4.69) is 18.8 Å². The number of nitrogens with zero attached hydrogens (tertiary/aromatic N) is 1. The van der Waals surface area contributed by atoms with Crippen molar-refractivity contribution >= 4 is 23.7 Å². The summed E-state index contributed by atoms with van der Waals surface area (Å²) < 4.78 is 0. The van der Waals surface area contributed by atoms with Gasteiger partial charge in [0.15, 0.2) is 0 Å². The Labute approximate surface area is 94.8 Å². The average molecular weight is 234 g/mol. The van der Waals surface area contributed by atoms with Crippen molar-refractivity contribution in [2.45, 2.75) is 39.7 Å². The number of hydrogen-bond acceptors (Lipinski definition) is 3. The van der Waals surface area contributed by atoms with Crippen LogP contribution in [0.4, 0.5) is 0 Å². The van der Waals surface area contributed by atoms with Crippen LogP contribution in [0.3, 0.4) is 0 Å². The van der Waals surface area contributed by atoms with E-state index >= 15 is 0 Å². The van der Waals surface area contributed by atoms with Crippen molar-refractivity contribution in [2.24, 2.45) is 5.41 Å². The molecule has 2 rings (SSSR count). The van der Waals surface area contributed by atoms with Gasteiger partial charge in [0.2, 0.25) is 0 Å². The van der Waals surface area contributed by atoms with E-state index < -0.39 is 0 Å². The normalized spacial score (nSPS) is 18.5. The Morgan fingerprint density at radius 1 is 1.50 bits per heavy atom. The summed E-state index contributed by atoms with van der Waals surface area (Å²) >= 11 is 1.68. The summed E-state index contributed by atoms with van der Waals surface area (Å²) in [6.07, 6.45) is 3.42. The molecule has 0 unspecified atom stereocenters. The molecule has 0 fully saturated rings. The first kappa shape index (κ1) is 12.0. The lowest BCUT2D eigenvalue weighted by atomic mass is 9.79. The summed E-state index contributed by atoms with van der Waals surface area (Å²) in [7, 11) is 0. The van der Waals surface area contributed by atoms with Crippen LogP contribution in [0, 0.1) is 5.41 Å². The lowest BCUT2D eigenvalue weighted by Gasteiger charge is -2.28. The van der Waals surface area contributed by atoms with E-state index in [4.69, 9.17) is 5.11 Å². The van der Waals surface area contributed by atoms with E-state index in [9.17, 15) is 0 Å². The molecule has 1 heterocycles. The van der Waals surface area contributed by atoms with Crippen LogP contribution in [0.5, 0.6) is 0 Å². The molecule has 0 aromatic carbocycles. The third-order valence-corrected chi connectivity index (χ3v) is 3.72. The van der Waals surface area contributed by atoms with Gasteiger partial charge >= 0.3 is 0 Å². The van der Waals surface area contributed by atoms with Gasteiger partial charge in [0.25, 0.3) is 0 Å². The summed E-state index contributed by atoms with van der Waals surface area (Å²) in [6, 6.07) is 0. The number of thiazole rings is 1. The van der Waals surface area contributed by atoms with Crippen molar-refractivity contribution in [2.75, 3.05) is 0 Å². The van der Waals surface area contributed by atoms with Gasteiger partial charge in [-0.25, -0.2) is 4.98 Å². The summed E-state index contributed by atoms with van der Waals surface area (Å²) in [4.78, 5) is 5.79. The number of halogens is 1. The molecular formula is C10H16ClNOS. The molecule has 14 heavy (non-hydrogen) atoms. The van der Waals surface area contributed by atoms with Crippen LogP contribution >= 0.6 is 23.7 Å². The lowest BCUT2D eigenvalue weighted by Crippen LogP contribution is -2.20. The fourth-order valence-corrected chi connectivity index (χ4v) is 3.05. The SMILES string of the molecule is CC1(C)CCc2nc(CO)sc2C1.Cl. The minimum Gasteiger partial charge on any atom is -0.389 e. The standard InChI is InChI=1S/C10H15NOS.ClH/c1-10(2)4-3-7-8(5-10)13-9(6-12)11-7;/h12H,3-6H2,1-2H3;1H. The van der Waals surface area contributed by atoms with Crippen molar-refractivity contribution in [1.82, 2.24) is 4.98 Å². The summed E-state index contributed by atoms with van der Waals surface area (Å²) in [5.41, 5.74) is 1.65. The first-order valence-electron chi connectivity index (χ1n) is 4.69. The highest BCUT2D eigenvalue weighted by atomic mass is 35.5. The van der Waals surface area contributed by atoms with Crippen molar-refractivity contribution in [1.29, 1.82) is 0 Å². The number of aryl methyl sites for hydroxylation is 1. The zero-order chi connectivity index (χ0) is 9.47. The minimum absolute atomic E-state index is 0. The maximum atomic E-state index is 8.96. The Balaban J connectivity index is 0.000000980. The first-order valence-corrected chi connectivity index (χ1v) is 5.51. The highest BCUT2D eigenvalue weighted by molar-refractivity contribution is 7.11. The van der Waals surface area contributed by atoms with Gasteiger partial charge in [-0.2, -0.15) is 0 Å². The predicted octanol–water partition coefficient (Wildman–Crippen LogP) is 2.57.